The van der Waals surface area contributed by atoms with E-state index in [1.807, 2.05) is 79.8 Å². The van der Waals surface area contributed by atoms with Gasteiger partial charge in [0, 0.05) is 15.2 Å². The number of hydrogen-bond donors (Lipinski definition) is 0. The first-order valence-electron chi connectivity index (χ1n) is 10.8. The van der Waals surface area contributed by atoms with Gasteiger partial charge in [-0.3, -0.25) is 9.47 Å². The maximum absolute atomic E-state index is 13.0. The van der Waals surface area contributed by atoms with E-state index in [-0.39, 0.29) is 6.04 Å². The SMILES string of the molecule is CC(C)(C)OC(=O)N1[C@@H](Cc2cn(C(=O)OC(C)(C)C)c3c(I)cccc23)COC1(C)C. The highest BCUT2D eigenvalue weighted by Crippen LogP contribution is 2.34. The maximum atomic E-state index is 13.0. The second-order valence-electron chi connectivity index (χ2n) is 10.6. The third-order valence-electron chi connectivity index (χ3n) is 5.07. The Balaban J connectivity index is 1.99. The number of fused-ring (bicyclic) bond motifs is 1. The van der Waals surface area contributed by atoms with Gasteiger partial charge >= 0.3 is 12.2 Å². The lowest BCUT2D eigenvalue weighted by Gasteiger charge is -2.35. The summed E-state index contributed by atoms with van der Waals surface area (Å²) in [6, 6.07) is 5.69. The van der Waals surface area contributed by atoms with Gasteiger partial charge < -0.3 is 14.2 Å². The van der Waals surface area contributed by atoms with E-state index in [9.17, 15) is 9.59 Å². The van der Waals surface area contributed by atoms with Gasteiger partial charge in [0.1, 0.15) is 16.9 Å². The number of benzene rings is 1. The lowest BCUT2D eigenvalue weighted by Crippen LogP contribution is -2.50. The summed E-state index contributed by atoms with van der Waals surface area (Å²) in [5, 5.41) is 0.955. The monoisotopic (exact) mass is 556 g/mol. The topological polar surface area (TPSA) is 70.0 Å². The predicted molar refractivity (Wildman–Crippen MR) is 132 cm³/mol. The Bertz CT molecular complexity index is 1030. The molecule has 0 bridgehead atoms. The molecular weight excluding hydrogens is 523 g/mol. The van der Waals surface area contributed by atoms with Crippen molar-refractivity contribution >= 4 is 45.7 Å². The molecule has 0 saturated carbocycles. The molecule has 8 heteroatoms. The highest BCUT2D eigenvalue weighted by molar-refractivity contribution is 14.1. The van der Waals surface area contributed by atoms with Crippen LogP contribution in [0.5, 0.6) is 0 Å². The van der Waals surface area contributed by atoms with Crippen molar-refractivity contribution in [1.29, 1.82) is 0 Å². The normalized spacial score (nSPS) is 18.8. The molecule has 1 fully saturated rings. The van der Waals surface area contributed by atoms with Gasteiger partial charge in [-0.25, -0.2) is 9.59 Å². The zero-order chi connectivity index (χ0) is 24.1. The lowest BCUT2D eigenvalue weighted by molar-refractivity contribution is -0.0624. The fourth-order valence-electron chi connectivity index (χ4n) is 3.89. The molecule has 0 radical (unpaired) electrons. The first-order valence-corrected chi connectivity index (χ1v) is 11.8. The molecule has 1 saturated heterocycles. The van der Waals surface area contributed by atoms with Gasteiger partial charge in [0.15, 0.2) is 0 Å². The van der Waals surface area contributed by atoms with E-state index in [4.69, 9.17) is 14.2 Å². The molecule has 0 spiro atoms. The molecule has 1 atom stereocenters. The van der Waals surface area contributed by atoms with Crippen LogP contribution < -0.4 is 0 Å². The van der Waals surface area contributed by atoms with Crippen LogP contribution in [0.1, 0.15) is 61.0 Å². The molecule has 1 aromatic carbocycles. The quantitative estimate of drug-likeness (QED) is 0.428. The third kappa shape index (κ3) is 5.39. The number of para-hydroxylation sites is 1. The van der Waals surface area contributed by atoms with Gasteiger partial charge in [0.25, 0.3) is 0 Å². The second kappa shape index (κ2) is 8.52. The van der Waals surface area contributed by atoms with Crippen LogP contribution in [0.4, 0.5) is 9.59 Å². The number of aromatic nitrogens is 1. The summed E-state index contributed by atoms with van der Waals surface area (Å²) in [5.74, 6) is 0. The zero-order valence-corrected chi connectivity index (χ0v) is 22.3. The van der Waals surface area contributed by atoms with Crippen LogP contribution in [0.25, 0.3) is 10.9 Å². The van der Waals surface area contributed by atoms with Gasteiger partial charge in [-0.05, 0) is 96.0 Å². The molecule has 0 unspecified atom stereocenters. The molecule has 2 heterocycles. The minimum atomic E-state index is -0.787. The Morgan fingerprint density at radius 1 is 1.09 bits per heavy atom. The molecule has 1 aliphatic rings. The van der Waals surface area contributed by atoms with Crippen molar-refractivity contribution in [1.82, 2.24) is 9.47 Å². The highest BCUT2D eigenvalue weighted by atomic mass is 127. The Labute approximate surface area is 203 Å². The fourth-order valence-corrected chi connectivity index (χ4v) is 4.65. The molecule has 3 rings (SSSR count). The van der Waals surface area contributed by atoms with E-state index >= 15 is 0 Å². The summed E-state index contributed by atoms with van der Waals surface area (Å²) >= 11 is 2.23. The summed E-state index contributed by atoms with van der Waals surface area (Å²) < 4.78 is 19.8. The number of amides is 1. The molecule has 2 aromatic rings. The van der Waals surface area contributed by atoms with E-state index in [0.717, 1.165) is 20.0 Å². The smallest absolute Gasteiger partial charge is 0.419 e. The number of ether oxygens (including phenoxy) is 3. The number of halogens is 1. The molecule has 1 aliphatic heterocycles. The summed E-state index contributed by atoms with van der Waals surface area (Å²) in [5.41, 5.74) is -0.248. The number of rotatable bonds is 2. The first-order chi connectivity index (χ1) is 14.6. The largest absolute Gasteiger partial charge is 0.444 e. The molecule has 7 nitrogen and oxygen atoms in total. The van der Waals surface area contributed by atoms with Crippen LogP contribution in [0.15, 0.2) is 24.4 Å². The van der Waals surface area contributed by atoms with Crippen LogP contribution in [0, 0.1) is 3.57 Å². The van der Waals surface area contributed by atoms with Crippen LogP contribution in [-0.4, -0.2) is 51.2 Å². The van der Waals surface area contributed by atoms with Crippen molar-refractivity contribution < 1.29 is 23.8 Å². The standard InChI is InChI=1S/C24H33IN2O5/c1-22(2,3)31-20(28)26-13-15(17-10-9-11-18(25)19(17)26)12-16-14-30-24(7,8)27(16)21(29)32-23(4,5)6/h9-11,13,16H,12,14H2,1-8H3/t16-/m0/s1. The molecular formula is C24H33IN2O5. The molecule has 1 amide bonds. The van der Waals surface area contributed by atoms with Crippen LogP contribution in [-0.2, 0) is 20.6 Å². The van der Waals surface area contributed by atoms with Crippen LogP contribution >= 0.6 is 22.6 Å². The second-order valence-corrected chi connectivity index (χ2v) is 11.8. The average molecular weight is 556 g/mol. The van der Waals surface area contributed by atoms with E-state index < -0.39 is 29.1 Å². The average Bonchev–Trinajstić information content (AvgIpc) is 3.11. The Morgan fingerprint density at radius 2 is 1.69 bits per heavy atom. The van der Waals surface area contributed by atoms with E-state index in [1.54, 1.807) is 9.47 Å². The molecule has 1 aromatic heterocycles. The van der Waals surface area contributed by atoms with E-state index in [0.29, 0.717) is 13.0 Å². The van der Waals surface area contributed by atoms with Gasteiger partial charge in [0.2, 0.25) is 0 Å². The predicted octanol–water partition coefficient (Wildman–Crippen LogP) is 5.94. The molecule has 32 heavy (non-hydrogen) atoms. The Hall–Kier alpha value is -1.81. The first kappa shape index (κ1) is 24.8. The lowest BCUT2D eigenvalue weighted by atomic mass is 10.0. The van der Waals surface area contributed by atoms with Gasteiger partial charge in [-0.1, -0.05) is 12.1 Å². The van der Waals surface area contributed by atoms with E-state index in [1.165, 1.54) is 0 Å². The Morgan fingerprint density at radius 3 is 2.28 bits per heavy atom. The number of nitrogens with zero attached hydrogens (tertiary/aromatic N) is 2. The molecule has 0 N–H and O–H groups in total. The summed E-state index contributed by atoms with van der Waals surface area (Å²) in [4.78, 5) is 27.6. The molecule has 176 valence electrons. The summed E-state index contributed by atoms with van der Waals surface area (Å²) in [7, 11) is 0. The number of carbonyl (C=O) groups excluding carboxylic acids is 2. The van der Waals surface area contributed by atoms with Crippen molar-refractivity contribution in [2.45, 2.75) is 84.8 Å². The van der Waals surface area contributed by atoms with Gasteiger partial charge in [-0.2, -0.15) is 0 Å². The summed E-state index contributed by atoms with van der Waals surface area (Å²) in [6.45, 7) is 15.2. The molecule has 0 aliphatic carbocycles. The van der Waals surface area contributed by atoms with Crippen molar-refractivity contribution in [2.24, 2.45) is 0 Å². The van der Waals surface area contributed by atoms with E-state index in [2.05, 4.69) is 22.6 Å². The van der Waals surface area contributed by atoms with Crippen molar-refractivity contribution in [3.05, 3.63) is 33.5 Å². The minimum Gasteiger partial charge on any atom is -0.444 e. The third-order valence-corrected chi connectivity index (χ3v) is 5.94. The Kier molecular flexibility index (Phi) is 6.61. The summed E-state index contributed by atoms with van der Waals surface area (Å²) in [6.07, 6.45) is 1.51. The fraction of sp³-hybridized carbons (Fsp3) is 0.583. The number of hydrogen-bond acceptors (Lipinski definition) is 5. The van der Waals surface area contributed by atoms with Crippen LogP contribution in [0.3, 0.4) is 0 Å². The minimum absolute atomic E-state index is 0.226. The highest BCUT2D eigenvalue weighted by Gasteiger charge is 2.45. The van der Waals surface area contributed by atoms with Gasteiger partial charge in [-0.15, -0.1) is 0 Å². The zero-order valence-electron chi connectivity index (χ0n) is 20.1. The van der Waals surface area contributed by atoms with Crippen molar-refractivity contribution in [2.75, 3.05) is 6.61 Å². The van der Waals surface area contributed by atoms with Gasteiger partial charge in [0.05, 0.1) is 18.2 Å². The van der Waals surface area contributed by atoms with Crippen molar-refractivity contribution in [3.63, 3.8) is 0 Å². The number of carbonyl (C=O) groups is 2. The maximum Gasteiger partial charge on any atom is 0.419 e. The van der Waals surface area contributed by atoms with Crippen LogP contribution in [0.2, 0.25) is 0 Å². The van der Waals surface area contributed by atoms with Crippen molar-refractivity contribution in [3.8, 4) is 0 Å².